The Bertz CT molecular complexity index is 563. The van der Waals surface area contributed by atoms with Crippen LogP contribution in [-0.2, 0) is 17.8 Å². The van der Waals surface area contributed by atoms with Crippen LogP contribution < -0.4 is 5.32 Å². The Kier molecular flexibility index (Phi) is 4.74. The van der Waals surface area contributed by atoms with Gasteiger partial charge in [0.05, 0.1) is 6.42 Å². The molecule has 3 heteroatoms. The van der Waals surface area contributed by atoms with Crippen LogP contribution in [0.3, 0.4) is 0 Å². The third-order valence-corrected chi connectivity index (χ3v) is 3.69. The van der Waals surface area contributed by atoms with E-state index in [-0.39, 0.29) is 5.91 Å². The fourth-order valence-electron chi connectivity index (χ4n) is 1.79. The zero-order chi connectivity index (χ0) is 13.7. The smallest absolute Gasteiger partial charge is 0.224 e. The molecule has 0 unspecified atom stereocenters. The number of nitrogens with one attached hydrogen (secondary N) is 1. The Hall–Kier alpha value is -1.61. The fraction of sp³-hybridized carbons (Fsp3) is 0.188. The number of rotatable bonds is 4. The number of benzene rings is 2. The second kappa shape index (κ2) is 6.53. The summed E-state index contributed by atoms with van der Waals surface area (Å²) in [4.78, 5) is 11.9. The molecule has 1 amide bonds. The SMILES string of the molecule is Cc1ccc(CC(=O)NCc2ccccc2Br)cc1. The average molecular weight is 318 g/mol. The monoisotopic (exact) mass is 317 g/mol. The van der Waals surface area contributed by atoms with Gasteiger partial charge in [-0.15, -0.1) is 0 Å². The van der Waals surface area contributed by atoms with Gasteiger partial charge >= 0.3 is 0 Å². The van der Waals surface area contributed by atoms with Crippen LogP contribution in [0.15, 0.2) is 53.0 Å². The van der Waals surface area contributed by atoms with Crippen LogP contribution in [0.5, 0.6) is 0 Å². The molecule has 2 rings (SSSR count). The highest BCUT2D eigenvalue weighted by atomic mass is 79.9. The summed E-state index contributed by atoms with van der Waals surface area (Å²) in [5.41, 5.74) is 3.33. The first-order valence-electron chi connectivity index (χ1n) is 6.21. The highest BCUT2D eigenvalue weighted by Gasteiger charge is 2.04. The van der Waals surface area contributed by atoms with Gasteiger partial charge in [0, 0.05) is 11.0 Å². The van der Waals surface area contributed by atoms with Crippen molar-refractivity contribution >= 4 is 21.8 Å². The molecule has 0 spiro atoms. The van der Waals surface area contributed by atoms with Crippen molar-refractivity contribution in [2.45, 2.75) is 19.9 Å². The molecule has 98 valence electrons. The van der Waals surface area contributed by atoms with E-state index in [1.165, 1.54) is 5.56 Å². The molecule has 2 nitrogen and oxygen atoms in total. The lowest BCUT2D eigenvalue weighted by Gasteiger charge is -2.07. The maximum Gasteiger partial charge on any atom is 0.224 e. The first-order chi connectivity index (χ1) is 9.15. The van der Waals surface area contributed by atoms with Crippen LogP contribution in [0.4, 0.5) is 0 Å². The number of halogens is 1. The molecule has 1 N–H and O–H groups in total. The van der Waals surface area contributed by atoms with E-state index in [0.29, 0.717) is 13.0 Å². The van der Waals surface area contributed by atoms with E-state index in [1.807, 2.05) is 55.5 Å². The highest BCUT2D eigenvalue weighted by molar-refractivity contribution is 9.10. The van der Waals surface area contributed by atoms with Gasteiger partial charge in [-0.2, -0.15) is 0 Å². The fourth-order valence-corrected chi connectivity index (χ4v) is 2.21. The highest BCUT2D eigenvalue weighted by Crippen LogP contribution is 2.15. The predicted molar refractivity (Wildman–Crippen MR) is 80.9 cm³/mol. The van der Waals surface area contributed by atoms with Crippen molar-refractivity contribution < 1.29 is 4.79 Å². The number of hydrogen-bond acceptors (Lipinski definition) is 1. The molecule has 2 aromatic rings. The molecular weight excluding hydrogens is 302 g/mol. The molecule has 19 heavy (non-hydrogen) atoms. The second-order valence-electron chi connectivity index (χ2n) is 4.53. The van der Waals surface area contributed by atoms with Crippen molar-refractivity contribution in [3.8, 4) is 0 Å². The molecule has 0 aliphatic carbocycles. The van der Waals surface area contributed by atoms with Crippen molar-refractivity contribution in [2.75, 3.05) is 0 Å². The zero-order valence-electron chi connectivity index (χ0n) is 10.8. The molecule has 0 heterocycles. The Morgan fingerprint density at radius 2 is 1.79 bits per heavy atom. The van der Waals surface area contributed by atoms with Gasteiger partial charge in [0.1, 0.15) is 0 Å². The number of aryl methyl sites for hydroxylation is 1. The van der Waals surface area contributed by atoms with E-state index in [2.05, 4.69) is 21.2 Å². The maximum atomic E-state index is 11.9. The van der Waals surface area contributed by atoms with Gasteiger partial charge in [0.2, 0.25) is 5.91 Å². The van der Waals surface area contributed by atoms with Gasteiger partial charge in [-0.25, -0.2) is 0 Å². The van der Waals surface area contributed by atoms with E-state index in [0.717, 1.165) is 15.6 Å². The number of carbonyl (C=O) groups is 1. The summed E-state index contributed by atoms with van der Waals surface area (Å²) in [6.07, 6.45) is 0.421. The lowest BCUT2D eigenvalue weighted by Crippen LogP contribution is -2.24. The summed E-state index contributed by atoms with van der Waals surface area (Å²) in [6.45, 7) is 2.59. The largest absolute Gasteiger partial charge is 0.352 e. The van der Waals surface area contributed by atoms with Crippen LogP contribution in [-0.4, -0.2) is 5.91 Å². The van der Waals surface area contributed by atoms with Crippen molar-refractivity contribution in [1.29, 1.82) is 0 Å². The van der Waals surface area contributed by atoms with Crippen LogP contribution in [0.25, 0.3) is 0 Å². The number of hydrogen-bond donors (Lipinski definition) is 1. The zero-order valence-corrected chi connectivity index (χ0v) is 12.4. The summed E-state index contributed by atoms with van der Waals surface area (Å²) in [5.74, 6) is 0.0413. The molecule has 0 radical (unpaired) electrons. The van der Waals surface area contributed by atoms with Crippen LogP contribution >= 0.6 is 15.9 Å². The summed E-state index contributed by atoms with van der Waals surface area (Å²) >= 11 is 3.47. The minimum absolute atomic E-state index is 0.0413. The maximum absolute atomic E-state index is 11.9. The van der Waals surface area contributed by atoms with E-state index >= 15 is 0 Å². The first kappa shape index (κ1) is 13.8. The summed E-state index contributed by atoms with van der Waals surface area (Å²) in [5, 5.41) is 2.93. The molecular formula is C16H16BrNO. The lowest BCUT2D eigenvalue weighted by atomic mass is 10.1. The molecule has 0 aliphatic heterocycles. The van der Waals surface area contributed by atoms with Gasteiger partial charge in [-0.3, -0.25) is 4.79 Å². The van der Waals surface area contributed by atoms with Crippen molar-refractivity contribution in [3.63, 3.8) is 0 Å². The predicted octanol–water partition coefficient (Wildman–Crippen LogP) is 3.62. The van der Waals surface area contributed by atoms with Gasteiger partial charge in [-0.05, 0) is 24.1 Å². The van der Waals surface area contributed by atoms with Gasteiger partial charge in [-0.1, -0.05) is 64.0 Å². The summed E-state index contributed by atoms with van der Waals surface area (Å²) in [7, 11) is 0. The van der Waals surface area contributed by atoms with E-state index in [1.54, 1.807) is 0 Å². The molecule has 2 aromatic carbocycles. The minimum Gasteiger partial charge on any atom is -0.352 e. The van der Waals surface area contributed by atoms with Crippen LogP contribution in [0.1, 0.15) is 16.7 Å². The molecule has 0 saturated heterocycles. The van der Waals surface area contributed by atoms with E-state index in [9.17, 15) is 4.79 Å². The molecule has 0 saturated carbocycles. The van der Waals surface area contributed by atoms with Gasteiger partial charge < -0.3 is 5.32 Å². The second-order valence-corrected chi connectivity index (χ2v) is 5.38. The van der Waals surface area contributed by atoms with Crippen molar-refractivity contribution in [3.05, 3.63) is 69.7 Å². The molecule has 0 atom stereocenters. The van der Waals surface area contributed by atoms with Crippen LogP contribution in [0, 0.1) is 6.92 Å². The molecule has 0 fully saturated rings. The molecule has 0 bridgehead atoms. The van der Waals surface area contributed by atoms with Crippen molar-refractivity contribution in [2.24, 2.45) is 0 Å². The van der Waals surface area contributed by atoms with Crippen LogP contribution in [0.2, 0.25) is 0 Å². The minimum atomic E-state index is 0.0413. The summed E-state index contributed by atoms with van der Waals surface area (Å²) < 4.78 is 1.02. The Labute approximate surface area is 122 Å². The first-order valence-corrected chi connectivity index (χ1v) is 7.00. The topological polar surface area (TPSA) is 29.1 Å². The van der Waals surface area contributed by atoms with E-state index in [4.69, 9.17) is 0 Å². The number of amides is 1. The van der Waals surface area contributed by atoms with E-state index < -0.39 is 0 Å². The number of carbonyl (C=O) groups excluding carboxylic acids is 1. The normalized spacial score (nSPS) is 10.2. The molecule has 0 aromatic heterocycles. The quantitative estimate of drug-likeness (QED) is 0.917. The lowest BCUT2D eigenvalue weighted by molar-refractivity contribution is -0.120. The average Bonchev–Trinajstić information content (AvgIpc) is 2.40. The Balaban J connectivity index is 1.88. The van der Waals surface area contributed by atoms with Gasteiger partial charge in [0.25, 0.3) is 0 Å². The standard InChI is InChI=1S/C16H16BrNO/c1-12-6-8-13(9-7-12)10-16(19)18-11-14-4-2-3-5-15(14)17/h2-9H,10-11H2,1H3,(H,18,19). The summed E-state index contributed by atoms with van der Waals surface area (Å²) in [6, 6.07) is 15.9. The Morgan fingerprint density at radius 3 is 2.47 bits per heavy atom. The third-order valence-electron chi connectivity index (χ3n) is 2.92. The third kappa shape index (κ3) is 4.21. The van der Waals surface area contributed by atoms with Gasteiger partial charge in [0.15, 0.2) is 0 Å². The molecule has 0 aliphatic rings. The van der Waals surface area contributed by atoms with Crippen molar-refractivity contribution in [1.82, 2.24) is 5.32 Å². The Morgan fingerprint density at radius 1 is 1.11 bits per heavy atom.